The Balaban J connectivity index is 2.89. The third-order valence-electron chi connectivity index (χ3n) is 2.64. The molecule has 1 rings (SSSR count). The van der Waals surface area contributed by atoms with Crippen LogP contribution in [0.25, 0.3) is 0 Å². The van der Waals surface area contributed by atoms with Crippen LogP contribution in [0.5, 0.6) is 0 Å². The third kappa shape index (κ3) is 3.03. The summed E-state index contributed by atoms with van der Waals surface area (Å²) in [5.74, 6) is -0.246. The molecule has 0 bridgehead atoms. The minimum absolute atomic E-state index is 0.246. The van der Waals surface area contributed by atoms with Gasteiger partial charge in [0.15, 0.2) is 0 Å². The predicted molar refractivity (Wildman–Crippen MR) is 65.3 cm³/mol. The first-order valence-corrected chi connectivity index (χ1v) is 5.72. The average Bonchev–Trinajstić information content (AvgIpc) is 2.23. The van der Waals surface area contributed by atoms with Crippen molar-refractivity contribution in [3.63, 3.8) is 0 Å². The fraction of sp³-hybridized carbons (Fsp3) is 0.417. The molecule has 0 aromatic heterocycles. The smallest absolute Gasteiger partial charge is 0.127 e. The van der Waals surface area contributed by atoms with Crippen LogP contribution >= 0.6 is 15.9 Å². The van der Waals surface area contributed by atoms with E-state index in [1.54, 1.807) is 12.1 Å². The number of hydrogen-bond donors (Lipinski definition) is 0. The highest BCUT2D eigenvalue weighted by atomic mass is 79.9. The fourth-order valence-electron chi connectivity index (χ4n) is 1.20. The second-order valence-corrected chi connectivity index (χ2v) is 5.18. The average molecular weight is 285 g/mol. The zero-order chi connectivity index (χ0) is 12.3. The quantitative estimate of drug-likeness (QED) is 0.851. The highest BCUT2D eigenvalue weighted by molar-refractivity contribution is 9.10. The lowest BCUT2D eigenvalue weighted by molar-refractivity contribution is 0.200. The Kier molecular flexibility index (Phi) is 4.06. The van der Waals surface area contributed by atoms with E-state index in [2.05, 4.69) is 22.0 Å². The summed E-state index contributed by atoms with van der Waals surface area (Å²) in [5.41, 5.74) is -0.0189. The molecule has 0 aliphatic carbocycles. The number of nitriles is 1. The van der Waals surface area contributed by atoms with Gasteiger partial charge in [-0.05, 0) is 39.1 Å². The number of nitrogens with zero attached hydrogens (tertiary/aromatic N) is 2. The lowest BCUT2D eigenvalue weighted by atomic mass is 10.0. The van der Waals surface area contributed by atoms with Crippen LogP contribution in [0.4, 0.5) is 4.39 Å². The molecular formula is C12H14BrFN2. The molecule has 0 heterocycles. The molecule has 0 unspecified atom stereocenters. The van der Waals surface area contributed by atoms with Crippen molar-refractivity contribution >= 4 is 15.9 Å². The molecule has 2 nitrogen and oxygen atoms in total. The highest BCUT2D eigenvalue weighted by Crippen LogP contribution is 2.20. The monoisotopic (exact) mass is 284 g/mol. The van der Waals surface area contributed by atoms with E-state index < -0.39 is 5.54 Å². The normalized spacial score (nSPS) is 11.6. The van der Waals surface area contributed by atoms with Gasteiger partial charge < -0.3 is 0 Å². The summed E-state index contributed by atoms with van der Waals surface area (Å²) in [6.45, 7) is 4.03. The lowest BCUT2D eigenvalue weighted by Crippen LogP contribution is -2.39. The van der Waals surface area contributed by atoms with Crippen molar-refractivity contribution in [2.75, 3.05) is 7.05 Å². The summed E-state index contributed by atoms with van der Waals surface area (Å²) in [6, 6.07) is 7.01. The molecule has 0 aliphatic heterocycles. The summed E-state index contributed by atoms with van der Waals surface area (Å²) in [4.78, 5) is 1.82. The molecular weight excluding hydrogens is 271 g/mol. The van der Waals surface area contributed by atoms with E-state index in [-0.39, 0.29) is 5.82 Å². The Labute approximate surface area is 104 Å². The van der Waals surface area contributed by atoms with Gasteiger partial charge in [-0.15, -0.1) is 0 Å². The van der Waals surface area contributed by atoms with Crippen LogP contribution in [0.3, 0.4) is 0 Å². The second-order valence-electron chi connectivity index (χ2n) is 4.26. The van der Waals surface area contributed by atoms with E-state index in [1.165, 1.54) is 6.07 Å². The molecule has 0 radical (unpaired) electrons. The van der Waals surface area contributed by atoms with Crippen molar-refractivity contribution in [3.8, 4) is 6.07 Å². The number of rotatable bonds is 3. The molecule has 1 aromatic carbocycles. The highest BCUT2D eigenvalue weighted by Gasteiger charge is 2.23. The minimum Gasteiger partial charge on any atom is -0.285 e. The van der Waals surface area contributed by atoms with Gasteiger partial charge >= 0.3 is 0 Å². The van der Waals surface area contributed by atoms with Crippen LogP contribution in [0.1, 0.15) is 19.4 Å². The van der Waals surface area contributed by atoms with Crippen LogP contribution < -0.4 is 0 Å². The first-order valence-electron chi connectivity index (χ1n) is 4.93. The van der Waals surface area contributed by atoms with E-state index in [4.69, 9.17) is 5.26 Å². The van der Waals surface area contributed by atoms with E-state index >= 15 is 0 Å². The van der Waals surface area contributed by atoms with Crippen LogP contribution in [-0.4, -0.2) is 17.5 Å². The Hall–Kier alpha value is -0.920. The van der Waals surface area contributed by atoms with Gasteiger partial charge in [0.25, 0.3) is 0 Å². The van der Waals surface area contributed by atoms with E-state index in [0.29, 0.717) is 12.1 Å². The summed E-state index contributed by atoms with van der Waals surface area (Å²) in [6.07, 6.45) is 0. The van der Waals surface area contributed by atoms with Crippen molar-refractivity contribution in [1.82, 2.24) is 4.90 Å². The fourth-order valence-corrected chi connectivity index (χ4v) is 1.61. The molecule has 0 aliphatic rings. The summed E-state index contributed by atoms with van der Waals surface area (Å²) >= 11 is 3.30. The minimum atomic E-state index is -0.602. The van der Waals surface area contributed by atoms with Gasteiger partial charge in [-0.1, -0.05) is 15.9 Å². The van der Waals surface area contributed by atoms with E-state index in [1.807, 2.05) is 25.8 Å². The van der Waals surface area contributed by atoms with Gasteiger partial charge in [0.1, 0.15) is 11.4 Å². The zero-order valence-electron chi connectivity index (χ0n) is 9.59. The third-order valence-corrected chi connectivity index (χ3v) is 3.14. The molecule has 86 valence electrons. The van der Waals surface area contributed by atoms with Crippen molar-refractivity contribution in [2.45, 2.75) is 25.9 Å². The van der Waals surface area contributed by atoms with Crippen molar-refractivity contribution in [1.29, 1.82) is 5.26 Å². The van der Waals surface area contributed by atoms with E-state index in [0.717, 1.165) is 4.47 Å². The molecule has 0 N–H and O–H groups in total. The summed E-state index contributed by atoms with van der Waals surface area (Å²) in [7, 11) is 1.81. The molecule has 0 fully saturated rings. The Morgan fingerprint density at radius 1 is 1.50 bits per heavy atom. The van der Waals surface area contributed by atoms with Gasteiger partial charge in [-0.2, -0.15) is 5.26 Å². The SMILES string of the molecule is CN(Cc1cc(Br)ccc1F)C(C)(C)C#N. The van der Waals surface area contributed by atoms with Gasteiger partial charge in [-0.3, -0.25) is 4.90 Å². The summed E-state index contributed by atoms with van der Waals surface area (Å²) in [5, 5.41) is 8.97. The molecule has 0 saturated heterocycles. The Bertz CT molecular complexity index is 424. The number of halogens is 2. The van der Waals surface area contributed by atoms with Gasteiger partial charge in [0, 0.05) is 16.6 Å². The molecule has 0 spiro atoms. The summed E-state index contributed by atoms with van der Waals surface area (Å²) < 4.78 is 14.3. The van der Waals surface area contributed by atoms with Crippen LogP contribution in [0.2, 0.25) is 0 Å². The second kappa shape index (κ2) is 4.94. The maximum atomic E-state index is 13.5. The maximum Gasteiger partial charge on any atom is 0.127 e. The zero-order valence-corrected chi connectivity index (χ0v) is 11.2. The Morgan fingerprint density at radius 3 is 2.69 bits per heavy atom. The van der Waals surface area contributed by atoms with Gasteiger partial charge in [0.05, 0.1) is 6.07 Å². The van der Waals surface area contributed by atoms with Crippen molar-refractivity contribution < 1.29 is 4.39 Å². The standard InChI is InChI=1S/C12H14BrFN2/c1-12(2,8-15)16(3)7-9-6-10(13)4-5-11(9)14/h4-6H,7H2,1-3H3. The number of hydrogen-bond acceptors (Lipinski definition) is 2. The molecule has 16 heavy (non-hydrogen) atoms. The topological polar surface area (TPSA) is 27.0 Å². The largest absolute Gasteiger partial charge is 0.285 e. The molecule has 4 heteroatoms. The van der Waals surface area contributed by atoms with Gasteiger partial charge in [-0.25, -0.2) is 4.39 Å². The number of benzene rings is 1. The molecule has 0 amide bonds. The van der Waals surface area contributed by atoms with Crippen molar-refractivity contribution in [2.24, 2.45) is 0 Å². The first kappa shape index (κ1) is 13.1. The maximum absolute atomic E-state index is 13.5. The van der Waals surface area contributed by atoms with Gasteiger partial charge in [0.2, 0.25) is 0 Å². The van der Waals surface area contributed by atoms with Crippen molar-refractivity contribution in [3.05, 3.63) is 34.1 Å². The van der Waals surface area contributed by atoms with Crippen LogP contribution in [-0.2, 0) is 6.54 Å². The Morgan fingerprint density at radius 2 is 2.12 bits per heavy atom. The molecule has 0 saturated carbocycles. The first-order chi connectivity index (χ1) is 7.36. The van der Waals surface area contributed by atoms with E-state index in [9.17, 15) is 4.39 Å². The molecule has 0 atom stereocenters. The van der Waals surface area contributed by atoms with Crippen LogP contribution in [0.15, 0.2) is 22.7 Å². The lowest BCUT2D eigenvalue weighted by Gasteiger charge is -2.29. The van der Waals surface area contributed by atoms with Crippen LogP contribution in [0, 0.1) is 17.1 Å². The predicted octanol–water partition coefficient (Wildman–Crippen LogP) is 3.32. The molecule has 1 aromatic rings.